The van der Waals surface area contributed by atoms with Crippen molar-refractivity contribution in [2.45, 2.75) is 57.2 Å². The molecular weight excluding hydrogens is 422 g/mol. The van der Waals surface area contributed by atoms with Crippen LogP contribution in [-0.2, 0) is 6.42 Å². The first-order valence-corrected chi connectivity index (χ1v) is 11.5. The molecule has 3 heterocycles. The summed E-state index contributed by atoms with van der Waals surface area (Å²) in [5.41, 5.74) is 2.82. The molecule has 0 radical (unpaired) electrons. The molecule has 3 aromatic rings. The van der Waals surface area contributed by atoms with Gasteiger partial charge in [-0.15, -0.1) is 10.2 Å². The monoisotopic (exact) mass is 447 g/mol. The molecule has 2 aliphatic heterocycles. The van der Waals surface area contributed by atoms with E-state index in [0.717, 1.165) is 64.8 Å². The van der Waals surface area contributed by atoms with Crippen molar-refractivity contribution in [3.05, 3.63) is 64.0 Å². The summed E-state index contributed by atoms with van der Waals surface area (Å²) in [5, 5.41) is 25.5. The zero-order chi connectivity index (χ0) is 22.2. The Morgan fingerprint density at radius 1 is 1.12 bits per heavy atom. The SMILES string of the molecule is [C-]#[N+]c1ccc2c(N3C4CCC3CC(O)C4)nnc(NCCc3ccc(C)c(Cl)c3)c2c1. The summed E-state index contributed by atoms with van der Waals surface area (Å²) in [6.07, 6.45) is 4.28. The number of nitrogens with one attached hydrogen (secondary N) is 1. The second kappa shape index (κ2) is 8.57. The third-order valence-electron chi connectivity index (χ3n) is 6.77. The van der Waals surface area contributed by atoms with Gasteiger partial charge in [-0.3, -0.25) is 0 Å². The maximum atomic E-state index is 10.2. The van der Waals surface area contributed by atoms with E-state index >= 15 is 0 Å². The number of nitrogens with zero attached hydrogens (tertiary/aromatic N) is 4. The van der Waals surface area contributed by atoms with E-state index in [4.69, 9.17) is 18.2 Å². The van der Waals surface area contributed by atoms with Crippen LogP contribution in [0.4, 0.5) is 17.3 Å². The van der Waals surface area contributed by atoms with Crippen molar-refractivity contribution >= 4 is 39.7 Å². The minimum Gasteiger partial charge on any atom is -0.393 e. The van der Waals surface area contributed by atoms with Crippen LogP contribution in [0.1, 0.15) is 36.8 Å². The number of halogens is 1. The predicted molar refractivity (Wildman–Crippen MR) is 129 cm³/mol. The lowest BCUT2D eigenvalue weighted by atomic mass is 9.99. The van der Waals surface area contributed by atoms with Gasteiger partial charge in [-0.1, -0.05) is 35.9 Å². The van der Waals surface area contributed by atoms with Gasteiger partial charge in [0.25, 0.3) is 0 Å². The van der Waals surface area contributed by atoms with Crippen LogP contribution in [0.2, 0.25) is 5.02 Å². The summed E-state index contributed by atoms with van der Waals surface area (Å²) < 4.78 is 0. The van der Waals surface area contributed by atoms with Crippen LogP contribution >= 0.6 is 11.6 Å². The number of fused-ring (bicyclic) bond motifs is 3. The van der Waals surface area contributed by atoms with Crippen molar-refractivity contribution in [3.8, 4) is 0 Å². The molecule has 0 aliphatic carbocycles. The highest BCUT2D eigenvalue weighted by Crippen LogP contribution is 2.42. The van der Waals surface area contributed by atoms with Crippen molar-refractivity contribution in [2.24, 2.45) is 0 Å². The van der Waals surface area contributed by atoms with Gasteiger partial charge in [-0.2, -0.15) is 0 Å². The van der Waals surface area contributed by atoms with Crippen LogP contribution in [0.15, 0.2) is 36.4 Å². The highest BCUT2D eigenvalue weighted by atomic mass is 35.5. The Morgan fingerprint density at radius 2 is 1.91 bits per heavy atom. The van der Waals surface area contributed by atoms with Crippen LogP contribution in [0, 0.1) is 13.5 Å². The van der Waals surface area contributed by atoms with Gasteiger partial charge in [0, 0.05) is 34.4 Å². The molecule has 32 heavy (non-hydrogen) atoms. The minimum atomic E-state index is -0.229. The van der Waals surface area contributed by atoms with E-state index < -0.39 is 0 Å². The number of hydrogen-bond donors (Lipinski definition) is 2. The van der Waals surface area contributed by atoms with E-state index in [0.29, 0.717) is 30.1 Å². The predicted octanol–water partition coefficient (Wildman–Crippen LogP) is 5.29. The maximum absolute atomic E-state index is 10.2. The fourth-order valence-corrected chi connectivity index (χ4v) is 5.33. The van der Waals surface area contributed by atoms with Gasteiger partial charge in [-0.25, -0.2) is 4.85 Å². The van der Waals surface area contributed by atoms with Crippen LogP contribution < -0.4 is 10.2 Å². The Hall–Kier alpha value is -2.88. The number of rotatable bonds is 5. The number of benzene rings is 2. The Labute approximate surface area is 193 Å². The molecule has 2 saturated heterocycles. The summed E-state index contributed by atoms with van der Waals surface area (Å²) in [6.45, 7) is 10.1. The molecular formula is C25H26ClN5O. The summed E-state index contributed by atoms with van der Waals surface area (Å²) in [7, 11) is 0. The lowest BCUT2D eigenvalue weighted by Gasteiger charge is -2.38. The zero-order valence-electron chi connectivity index (χ0n) is 18.1. The normalized spacial score (nSPS) is 22.2. The summed E-state index contributed by atoms with van der Waals surface area (Å²) in [4.78, 5) is 5.97. The molecule has 2 aliphatic rings. The van der Waals surface area contributed by atoms with E-state index in [2.05, 4.69) is 31.3 Å². The number of hydrogen-bond acceptors (Lipinski definition) is 5. The molecule has 0 saturated carbocycles. The molecule has 5 rings (SSSR count). The first kappa shape index (κ1) is 21.0. The fraction of sp³-hybridized carbons (Fsp3) is 0.400. The zero-order valence-corrected chi connectivity index (χ0v) is 18.8. The number of piperidine rings is 1. The van der Waals surface area contributed by atoms with Gasteiger partial charge in [-0.05, 0) is 62.3 Å². The number of anilines is 2. The Bertz CT molecular complexity index is 1190. The molecule has 164 valence electrons. The van der Waals surface area contributed by atoms with E-state index in [-0.39, 0.29) is 6.10 Å². The lowest BCUT2D eigenvalue weighted by Crippen LogP contribution is -2.45. The van der Waals surface area contributed by atoms with Gasteiger partial charge in [0.15, 0.2) is 17.3 Å². The van der Waals surface area contributed by atoms with Gasteiger partial charge in [0.2, 0.25) is 0 Å². The second-order valence-electron chi connectivity index (χ2n) is 8.89. The minimum absolute atomic E-state index is 0.229. The quantitative estimate of drug-likeness (QED) is 0.520. The van der Waals surface area contributed by atoms with Gasteiger partial charge >= 0.3 is 0 Å². The standard InChI is InChI=1S/C25H26ClN5O/c1-15-3-4-16(11-23(15)26)9-10-28-24-22-12-17(27-2)5-8-21(22)25(30-29-24)31-18-6-7-19(31)14-20(32)13-18/h3-5,8,11-12,18-20,32H,6-7,9-10,13-14H2,1H3,(H,28,29). The molecule has 7 heteroatoms. The van der Waals surface area contributed by atoms with Crippen molar-refractivity contribution in [3.63, 3.8) is 0 Å². The third kappa shape index (κ3) is 3.87. The van der Waals surface area contributed by atoms with Crippen LogP contribution in [0.25, 0.3) is 15.6 Å². The van der Waals surface area contributed by atoms with Gasteiger partial charge < -0.3 is 15.3 Å². The number of aliphatic hydroxyl groups is 1. The van der Waals surface area contributed by atoms with Crippen molar-refractivity contribution in [1.29, 1.82) is 0 Å². The molecule has 2 unspecified atom stereocenters. The Kier molecular flexibility index (Phi) is 5.62. The first-order chi connectivity index (χ1) is 15.5. The molecule has 2 aromatic carbocycles. The van der Waals surface area contributed by atoms with Crippen LogP contribution in [0.3, 0.4) is 0 Å². The summed E-state index contributed by atoms with van der Waals surface area (Å²) in [5.74, 6) is 1.56. The molecule has 2 fully saturated rings. The highest BCUT2D eigenvalue weighted by molar-refractivity contribution is 6.31. The number of aliphatic hydroxyl groups excluding tert-OH is 1. The third-order valence-corrected chi connectivity index (χ3v) is 7.18. The van der Waals surface area contributed by atoms with E-state index in [1.807, 2.05) is 37.3 Å². The molecule has 2 bridgehead atoms. The topological polar surface area (TPSA) is 65.6 Å². The average Bonchev–Trinajstić information content (AvgIpc) is 3.06. The van der Waals surface area contributed by atoms with Crippen molar-refractivity contribution < 1.29 is 5.11 Å². The second-order valence-corrected chi connectivity index (χ2v) is 9.30. The fourth-order valence-electron chi connectivity index (χ4n) is 5.13. The smallest absolute Gasteiger partial charge is 0.188 e. The largest absolute Gasteiger partial charge is 0.393 e. The average molecular weight is 448 g/mol. The summed E-state index contributed by atoms with van der Waals surface area (Å²) >= 11 is 6.26. The first-order valence-electron chi connectivity index (χ1n) is 11.2. The van der Waals surface area contributed by atoms with Crippen molar-refractivity contribution in [2.75, 3.05) is 16.8 Å². The van der Waals surface area contributed by atoms with E-state index in [9.17, 15) is 5.11 Å². The molecule has 0 spiro atoms. The lowest BCUT2D eigenvalue weighted by molar-refractivity contribution is 0.126. The Balaban J connectivity index is 1.44. The van der Waals surface area contributed by atoms with Crippen LogP contribution in [-0.4, -0.2) is 40.0 Å². The molecule has 0 amide bonds. The maximum Gasteiger partial charge on any atom is 0.188 e. The molecule has 1 aromatic heterocycles. The van der Waals surface area contributed by atoms with Crippen LogP contribution in [0.5, 0.6) is 0 Å². The Morgan fingerprint density at radius 3 is 2.62 bits per heavy atom. The molecule has 2 N–H and O–H groups in total. The molecule has 2 atom stereocenters. The number of aromatic nitrogens is 2. The van der Waals surface area contributed by atoms with Gasteiger partial charge in [0.05, 0.1) is 12.7 Å². The van der Waals surface area contributed by atoms with E-state index in [1.165, 1.54) is 0 Å². The molecule has 6 nitrogen and oxygen atoms in total. The highest BCUT2D eigenvalue weighted by Gasteiger charge is 2.41. The van der Waals surface area contributed by atoms with Gasteiger partial charge in [0.1, 0.15) is 0 Å². The summed E-state index contributed by atoms with van der Waals surface area (Å²) in [6, 6.07) is 12.5. The van der Waals surface area contributed by atoms with Crippen molar-refractivity contribution in [1.82, 2.24) is 10.2 Å². The number of aryl methyl sites for hydroxylation is 1. The van der Waals surface area contributed by atoms with E-state index in [1.54, 1.807) is 0 Å².